The predicted molar refractivity (Wildman–Crippen MR) is 37.5 cm³/mol. The van der Waals surface area contributed by atoms with Gasteiger partial charge in [0.15, 0.2) is 0 Å². The molecule has 0 unspecified atom stereocenters. The summed E-state index contributed by atoms with van der Waals surface area (Å²) in [5.41, 5.74) is 0. The van der Waals surface area contributed by atoms with Crippen LogP contribution in [0.5, 0.6) is 0 Å². The molecule has 0 N–H and O–H groups in total. The van der Waals surface area contributed by atoms with Crippen molar-refractivity contribution in [3.8, 4) is 0 Å². The molecule has 1 aliphatic carbocycles. The maximum Gasteiger partial charge on any atom is 0.127 e. The van der Waals surface area contributed by atoms with Crippen LogP contribution in [0.25, 0.3) is 0 Å². The summed E-state index contributed by atoms with van der Waals surface area (Å²) < 4.78 is 0. The van der Waals surface area contributed by atoms with E-state index < -0.39 is 0 Å². The molecule has 0 saturated heterocycles. The third kappa shape index (κ3) is 2.04. The van der Waals surface area contributed by atoms with Gasteiger partial charge in [0.25, 0.3) is 0 Å². The van der Waals surface area contributed by atoms with Crippen LogP contribution in [0.2, 0.25) is 0 Å². The Labute approximate surface area is 55.9 Å². The molecule has 0 aromatic heterocycles. The van der Waals surface area contributed by atoms with Gasteiger partial charge in [-0.25, -0.2) is 0 Å². The maximum atomic E-state index is 5.00. The van der Waals surface area contributed by atoms with Gasteiger partial charge in [-0.1, -0.05) is 6.42 Å². The van der Waals surface area contributed by atoms with Gasteiger partial charge < -0.3 is 4.84 Å². The fourth-order valence-corrected chi connectivity index (χ4v) is 1.28. The van der Waals surface area contributed by atoms with Crippen LogP contribution in [-0.2, 0) is 4.84 Å². The lowest BCUT2D eigenvalue weighted by atomic mass is 9.98. The number of hydrogen-bond acceptors (Lipinski definition) is 2. The van der Waals surface area contributed by atoms with Crippen molar-refractivity contribution >= 4 is 6.72 Å². The molecule has 9 heavy (non-hydrogen) atoms. The minimum Gasteiger partial charge on any atom is -0.393 e. The highest BCUT2D eigenvalue weighted by Gasteiger charge is 2.13. The number of oxime groups is 1. The molecule has 0 heterocycles. The van der Waals surface area contributed by atoms with Crippen LogP contribution in [0.1, 0.15) is 32.1 Å². The van der Waals surface area contributed by atoms with Gasteiger partial charge >= 0.3 is 0 Å². The molecule has 1 fully saturated rings. The van der Waals surface area contributed by atoms with E-state index in [4.69, 9.17) is 4.84 Å². The van der Waals surface area contributed by atoms with E-state index in [2.05, 4.69) is 11.9 Å². The average Bonchev–Trinajstić information content (AvgIpc) is 1.91. The van der Waals surface area contributed by atoms with E-state index >= 15 is 0 Å². The van der Waals surface area contributed by atoms with Crippen molar-refractivity contribution in [1.82, 2.24) is 0 Å². The highest BCUT2D eigenvalue weighted by atomic mass is 16.6. The Bertz CT molecular complexity index is 86.9. The van der Waals surface area contributed by atoms with Gasteiger partial charge in [0, 0.05) is 6.72 Å². The molecular formula is C7H13NO. The van der Waals surface area contributed by atoms with Crippen LogP contribution in [0.3, 0.4) is 0 Å². The van der Waals surface area contributed by atoms with E-state index in [0.717, 1.165) is 0 Å². The van der Waals surface area contributed by atoms with Crippen LogP contribution in [0.15, 0.2) is 5.16 Å². The van der Waals surface area contributed by atoms with Gasteiger partial charge in [-0.2, -0.15) is 0 Å². The molecule has 52 valence electrons. The van der Waals surface area contributed by atoms with E-state index in [1.807, 2.05) is 0 Å². The molecule has 1 saturated carbocycles. The van der Waals surface area contributed by atoms with E-state index in [-0.39, 0.29) is 0 Å². The monoisotopic (exact) mass is 127 g/mol. The minimum absolute atomic E-state index is 0.372. The predicted octanol–water partition coefficient (Wildman–Crippen LogP) is 1.95. The van der Waals surface area contributed by atoms with Crippen molar-refractivity contribution in [2.24, 2.45) is 5.16 Å². The summed E-state index contributed by atoms with van der Waals surface area (Å²) in [6.45, 7) is 3.28. The second-order valence-electron chi connectivity index (χ2n) is 2.49. The van der Waals surface area contributed by atoms with Gasteiger partial charge in [0.05, 0.1) is 0 Å². The zero-order chi connectivity index (χ0) is 6.53. The summed E-state index contributed by atoms with van der Waals surface area (Å²) >= 11 is 0. The lowest BCUT2D eigenvalue weighted by Gasteiger charge is -2.18. The summed E-state index contributed by atoms with van der Waals surface area (Å²) in [5.74, 6) is 0. The van der Waals surface area contributed by atoms with E-state index in [9.17, 15) is 0 Å². The summed E-state index contributed by atoms with van der Waals surface area (Å²) in [6.07, 6.45) is 6.64. The Kier molecular flexibility index (Phi) is 2.55. The molecular weight excluding hydrogens is 114 g/mol. The van der Waals surface area contributed by atoms with Crippen LogP contribution in [0, 0.1) is 0 Å². The lowest BCUT2D eigenvalue weighted by molar-refractivity contribution is 0.0347. The van der Waals surface area contributed by atoms with Crippen molar-refractivity contribution in [1.29, 1.82) is 0 Å². The van der Waals surface area contributed by atoms with Gasteiger partial charge in [0.2, 0.25) is 0 Å². The number of nitrogens with zero attached hydrogens (tertiary/aromatic N) is 1. The zero-order valence-electron chi connectivity index (χ0n) is 5.68. The molecule has 2 nitrogen and oxygen atoms in total. The van der Waals surface area contributed by atoms with Crippen LogP contribution < -0.4 is 0 Å². The summed E-state index contributed by atoms with van der Waals surface area (Å²) in [6, 6.07) is 0. The molecule has 1 aliphatic rings. The van der Waals surface area contributed by atoms with Crippen LogP contribution >= 0.6 is 0 Å². The second-order valence-corrected chi connectivity index (χ2v) is 2.49. The molecule has 0 aliphatic heterocycles. The third-order valence-electron chi connectivity index (χ3n) is 1.78. The normalized spacial score (nSPS) is 21.3. The minimum atomic E-state index is 0.372. The first kappa shape index (κ1) is 6.59. The topological polar surface area (TPSA) is 21.6 Å². The Morgan fingerprint density at radius 3 is 2.44 bits per heavy atom. The Morgan fingerprint density at radius 1 is 1.22 bits per heavy atom. The molecule has 0 bridgehead atoms. The third-order valence-corrected chi connectivity index (χ3v) is 1.78. The van der Waals surface area contributed by atoms with Crippen molar-refractivity contribution in [3.63, 3.8) is 0 Å². The first-order valence-electron chi connectivity index (χ1n) is 3.55. The smallest absolute Gasteiger partial charge is 0.127 e. The number of hydrogen-bond donors (Lipinski definition) is 0. The van der Waals surface area contributed by atoms with Crippen LogP contribution in [0.4, 0.5) is 0 Å². The van der Waals surface area contributed by atoms with E-state index in [1.165, 1.54) is 32.1 Å². The zero-order valence-corrected chi connectivity index (χ0v) is 5.68. The number of rotatable bonds is 2. The largest absolute Gasteiger partial charge is 0.393 e. The summed E-state index contributed by atoms with van der Waals surface area (Å²) in [4.78, 5) is 5.00. The lowest BCUT2D eigenvalue weighted by Crippen LogP contribution is -2.13. The SMILES string of the molecule is C=NOC1CCCCC1. The molecule has 2 heteroatoms. The van der Waals surface area contributed by atoms with Gasteiger partial charge in [0.1, 0.15) is 6.10 Å². The molecule has 0 amide bonds. The first-order chi connectivity index (χ1) is 4.43. The fraction of sp³-hybridized carbons (Fsp3) is 0.857. The second kappa shape index (κ2) is 3.49. The fourth-order valence-electron chi connectivity index (χ4n) is 1.28. The molecule has 0 radical (unpaired) electrons. The summed E-state index contributed by atoms with van der Waals surface area (Å²) in [7, 11) is 0. The molecule has 1 rings (SSSR count). The van der Waals surface area contributed by atoms with Crippen molar-refractivity contribution in [2.45, 2.75) is 38.2 Å². The van der Waals surface area contributed by atoms with Gasteiger partial charge in [-0.05, 0) is 25.7 Å². The van der Waals surface area contributed by atoms with E-state index in [0.29, 0.717) is 6.10 Å². The summed E-state index contributed by atoms with van der Waals surface area (Å²) in [5, 5.41) is 3.41. The van der Waals surface area contributed by atoms with Gasteiger partial charge in [-0.3, -0.25) is 0 Å². The standard InChI is InChI=1S/C7H13NO/c1-8-9-7-5-3-2-4-6-7/h7H,1-6H2. The maximum absolute atomic E-state index is 5.00. The van der Waals surface area contributed by atoms with Crippen LogP contribution in [-0.4, -0.2) is 12.8 Å². The Morgan fingerprint density at radius 2 is 1.89 bits per heavy atom. The highest BCUT2D eigenvalue weighted by molar-refractivity contribution is 5.21. The van der Waals surface area contributed by atoms with Crippen molar-refractivity contribution < 1.29 is 4.84 Å². The highest BCUT2D eigenvalue weighted by Crippen LogP contribution is 2.19. The molecule has 0 aromatic rings. The van der Waals surface area contributed by atoms with E-state index in [1.54, 1.807) is 0 Å². The quantitative estimate of drug-likeness (QED) is 0.410. The average molecular weight is 127 g/mol. The molecule has 0 aromatic carbocycles. The first-order valence-corrected chi connectivity index (χ1v) is 3.55. The molecule has 0 spiro atoms. The van der Waals surface area contributed by atoms with Gasteiger partial charge in [-0.15, -0.1) is 5.16 Å². The van der Waals surface area contributed by atoms with Crippen molar-refractivity contribution in [2.75, 3.05) is 0 Å². The van der Waals surface area contributed by atoms with Crippen molar-refractivity contribution in [3.05, 3.63) is 0 Å². The molecule has 0 atom stereocenters. The Balaban J connectivity index is 2.15. The Hall–Kier alpha value is -0.530.